The highest BCUT2D eigenvalue weighted by atomic mass is 16.3. The van der Waals surface area contributed by atoms with E-state index in [1.165, 1.54) is 13.1 Å². The molecule has 0 radical (unpaired) electrons. The number of aliphatic hydroxyl groups is 1. The van der Waals surface area contributed by atoms with Crippen LogP contribution in [0.5, 0.6) is 0 Å². The SMILES string of the molecule is OCCC1[C@H]2CNC[C@@H]12. The van der Waals surface area contributed by atoms with Crippen LogP contribution in [0.1, 0.15) is 6.42 Å². The van der Waals surface area contributed by atoms with E-state index in [2.05, 4.69) is 5.32 Å². The summed E-state index contributed by atoms with van der Waals surface area (Å²) in [5.74, 6) is 2.73. The second-order valence-electron chi connectivity index (χ2n) is 3.16. The van der Waals surface area contributed by atoms with Gasteiger partial charge in [0.1, 0.15) is 0 Å². The summed E-state index contributed by atoms with van der Waals surface area (Å²) in [5, 5.41) is 11.9. The summed E-state index contributed by atoms with van der Waals surface area (Å²) in [6, 6.07) is 0. The molecule has 1 aliphatic carbocycles. The van der Waals surface area contributed by atoms with Crippen molar-refractivity contribution in [1.29, 1.82) is 0 Å². The molecule has 1 saturated carbocycles. The van der Waals surface area contributed by atoms with Crippen molar-refractivity contribution < 1.29 is 5.11 Å². The van der Waals surface area contributed by atoms with Crippen LogP contribution in [0, 0.1) is 17.8 Å². The monoisotopic (exact) mass is 127 g/mol. The third-order valence-electron chi connectivity index (χ3n) is 2.73. The quantitative estimate of drug-likeness (QED) is 0.540. The summed E-state index contributed by atoms with van der Waals surface area (Å²) in [4.78, 5) is 0. The highest BCUT2D eigenvalue weighted by molar-refractivity contribution is 5.03. The molecule has 1 heterocycles. The van der Waals surface area contributed by atoms with Crippen LogP contribution in [0.15, 0.2) is 0 Å². The van der Waals surface area contributed by atoms with Crippen LogP contribution in [0.2, 0.25) is 0 Å². The summed E-state index contributed by atoms with van der Waals surface area (Å²) < 4.78 is 0. The molecule has 2 N–H and O–H groups in total. The highest BCUT2D eigenvalue weighted by Crippen LogP contribution is 2.50. The van der Waals surface area contributed by atoms with Gasteiger partial charge in [-0.15, -0.1) is 0 Å². The predicted octanol–water partition coefficient (Wildman–Crippen LogP) is -0.166. The fourth-order valence-electron chi connectivity index (χ4n) is 2.12. The van der Waals surface area contributed by atoms with Gasteiger partial charge in [-0.25, -0.2) is 0 Å². The van der Waals surface area contributed by atoms with Gasteiger partial charge >= 0.3 is 0 Å². The lowest BCUT2D eigenvalue weighted by Crippen LogP contribution is -2.14. The molecule has 52 valence electrons. The van der Waals surface area contributed by atoms with E-state index in [4.69, 9.17) is 5.11 Å². The van der Waals surface area contributed by atoms with Gasteiger partial charge in [0.25, 0.3) is 0 Å². The maximum Gasteiger partial charge on any atom is 0.0433 e. The predicted molar refractivity (Wildman–Crippen MR) is 35.0 cm³/mol. The Morgan fingerprint density at radius 3 is 2.56 bits per heavy atom. The molecule has 9 heavy (non-hydrogen) atoms. The van der Waals surface area contributed by atoms with Gasteiger partial charge in [0.15, 0.2) is 0 Å². The number of fused-ring (bicyclic) bond motifs is 1. The van der Waals surface area contributed by atoms with Crippen molar-refractivity contribution in [2.24, 2.45) is 17.8 Å². The summed E-state index contributed by atoms with van der Waals surface area (Å²) >= 11 is 0. The van der Waals surface area contributed by atoms with Gasteiger partial charge in [-0.05, 0) is 37.3 Å². The molecule has 0 spiro atoms. The Bertz CT molecular complexity index is 105. The largest absolute Gasteiger partial charge is 0.396 e. The van der Waals surface area contributed by atoms with Crippen LogP contribution < -0.4 is 5.32 Å². The fourth-order valence-corrected chi connectivity index (χ4v) is 2.12. The molecule has 2 rings (SSSR count). The van der Waals surface area contributed by atoms with Crippen molar-refractivity contribution in [1.82, 2.24) is 5.32 Å². The van der Waals surface area contributed by atoms with E-state index < -0.39 is 0 Å². The molecule has 1 unspecified atom stereocenters. The summed E-state index contributed by atoms with van der Waals surface area (Å²) in [6.07, 6.45) is 1.04. The zero-order valence-electron chi connectivity index (χ0n) is 5.51. The first-order valence-corrected chi connectivity index (χ1v) is 3.75. The highest BCUT2D eigenvalue weighted by Gasteiger charge is 2.51. The molecule has 0 amide bonds. The van der Waals surface area contributed by atoms with Crippen molar-refractivity contribution in [3.8, 4) is 0 Å². The van der Waals surface area contributed by atoms with Crippen molar-refractivity contribution in [2.75, 3.05) is 19.7 Å². The first-order chi connectivity index (χ1) is 4.43. The minimum atomic E-state index is 0.387. The Balaban J connectivity index is 1.81. The van der Waals surface area contributed by atoms with Crippen LogP contribution in [0.3, 0.4) is 0 Å². The van der Waals surface area contributed by atoms with E-state index >= 15 is 0 Å². The van der Waals surface area contributed by atoms with Crippen molar-refractivity contribution in [3.05, 3.63) is 0 Å². The van der Waals surface area contributed by atoms with E-state index in [-0.39, 0.29) is 0 Å². The molecule has 2 nitrogen and oxygen atoms in total. The van der Waals surface area contributed by atoms with Gasteiger partial charge in [-0.1, -0.05) is 0 Å². The molecule has 2 aliphatic rings. The number of piperidine rings is 1. The molecule has 0 aromatic heterocycles. The Morgan fingerprint density at radius 2 is 2.00 bits per heavy atom. The zero-order chi connectivity index (χ0) is 6.27. The number of rotatable bonds is 2. The minimum absolute atomic E-state index is 0.387. The minimum Gasteiger partial charge on any atom is -0.396 e. The molecule has 3 atom stereocenters. The number of hydrogen-bond donors (Lipinski definition) is 2. The van der Waals surface area contributed by atoms with Gasteiger partial charge < -0.3 is 10.4 Å². The second kappa shape index (κ2) is 1.96. The number of aliphatic hydroxyl groups excluding tert-OH is 1. The summed E-state index contributed by atoms with van der Waals surface area (Å²) in [7, 11) is 0. The maximum absolute atomic E-state index is 8.61. The third-order valence-corrected chi connectivity index (χ3v) is 2.73. The topological polar surface area (TPSA) is 32.3 Å². The molecule has 2 heteroatoms. The summed E-state index contributed by atoms with van der Waals surface area (Å²) in [6.45, 7) is 2.79. The lowest BCUT2D eigenvalue weighted by Gasteiger charge is -1.99. The van der Waals surface area contributed by atoms with Crippen molar-refractivity contribution in [2.45, 2.75) is 6.42 Å². The smallest absolute Gasteiger partial charge is 0.0433 e. The van der Waals surface area contributed by atoms with Crippen LogP contribution in [-0.4, -0.2) is 24.8 Å². The molecular weight excluding hydrogens is 114 g/mol. The molecule has 2 fully saturated rings. The molecule has 1 saturated heterocycles. The third kappa shape index (κ3) is 0.775. The lowest BCUT2D eigenvalue weighted by atomic mass is 10.2. The van der Waals surface area contributed by atoms with E-state index in [0.29, 0.717) is 6.61 Å². The van der Waals surface area contributed by atoms with E-state index in [0.717, 1.165) is 24.2 Å². The van der Waals surface area contributed by atoms with Gasteiger partial charge in [0.05, 0.1) is 0 Å². The Labute approximate surface area is 55.3 Å². The second-order valence-corrected chi connectivity index (χ2v) is 3.16. The molecule has 1 aliphatic heterocycles. The zero-order valence-corrected chi connectivity index (χ0v) is 5.51. The Morgan fingerprint density at radius 1 is 1.33 bits per heavy atom. The van der Waals surface area contributed by atoms with Crippen LogP contribution in [0.25, 0.3) is 0 Å². The van der Waals surface area contributed by atoms with Gasteiger partial charge in [0, 0.05) is 6.61 Å². The number of hydrogen-bond acceptors (Lipinski definition) is 2. The van der Waals surface area contributed by atoms with Crippen LogP contribution >= 0.6 is 0 Å². The normalized spacial score (nSPS) is 47.0. The van der Waals surface area contributed by atoms with Gasteiger partial charge in [-0.3, -0.25) is 0 Å². The van der Waals surface area contributed by atoms with Crippen molar-refractivity contribution >= 4 is 0 Å². The van der Waals surface area contributed by atoms with Gasteiger partial charge in [0.2, 0.25) is 0 Å². The molecule has 0 aromatic carbocycles. The van der Waals surface area contributed by atoms with E-state index in [9.17, 15) is 0 Å². The van der Waals surface area contributed by atoms with Crippen LogP contribution in [0.4, 0.5) is 0 Å². The first-order valence-electron chi connectivity index (χ1n) is 3.75. The number of nitrogens with one attached hydrogen (secondary N) is 1. The van der Waals surface area contributed by atoms with E-state index in [1.807, 2.05) is 0 Å². The maximum atomic E-state index is 8.61. The summed E-state index contributed by atoms with van der Waals surface area (Å²) in [5.41, 5.74) is 0. The molecule has 0 bridgehead atoms. The molecule has 0 aromatic rings. The fraction of sp³-hybridized carbons (Fsp3) is 1.00. The Hall–Kier alpha value is -0.0800. The Kier molecular flexibility index (Phi) is 1.24. The first kappa shape index (κ1) is 5.69. The molecular formula is C7H13NO. The lowest BCUT2D eigenvalue weighted by molar-refractivity contribution is 0.272. The standard InChI is InChI=1S/C7H13NO/c9-2-1-5-6-3-8-4-7(5)6/h5-9H,1-4H2/t5?,6-,7+. The average Bonchev–Trinajstić information content (AvgIpc) is 2.39. The van der Waals surface area contributed by atoms with Crippen molar-refractivity contribution in [3.63, 3.8) is 0 Å². The van der Waals surface area contributed by atoms with Crippen LogP contribution in [-0.2, 0) is 0 Å². The van der Waals surface area contributed by atoms with Gasteiger partial charge in [-0.2, -0.15) is 0 Å². The average molecular weight is 127 g/mol. The van der Waals surface area contributed by atoms with E-state index in [1.54, 1.807) is 0 Å².